The van der Waals surface area contributed by atoms with Crippen LogP contribution in [0.2, 0.25) is 0 Å². The lowest BCUT2D eigenvalue weighted by Gasteiger charge is -2.35. The van der Waals surface area contributed by atoms with Gasteiger partial charge in [0.15, 0.2) is 0 Å². The van der Waals surface area contributed by atoms with Crippen LogP contribution in [0.5, 0.6) is 0 Å². The molecular weight excluding hydrogens is 280 g/mol. The van der Waals surface area contributed by atoms with Crippen LogP contribution in [0, 0.1) is 6.92 Å². The fraction of sp³-hybridized carbons (Fsp3) is 0.538. The molecule has 1 heterocycles. The number of anilines is 1. The number of hydrogen-bond donors (Lipinski definition) is 1. The SMILES string of the molecule is Cc1ccc(N2CCOC(CCN)C2)c(Br)c1. The van der Waals surface area contributed by atoms with Gasteiger partial charge >= 0.3 is 0 Å². The second-order valence-corrected chi connectivity index (χ2v) is 5.33. The van der Waals surface area contributed by atoms with Gasteiger partial charge in [-0.05, 0) is 53.5 Å². The van der Waals surface area contributed by atoms with Crippen molar-refractivity contribution in [1.29, 1.82) is 0 Å². The number of hydrogen-bond acceptors (Lipinski definition) is 3. The van der Waals surface area contributed by atoms with Crippen LogP contribution >= 0.6 is 15.9 Å². The Bertz CT molecular complexity index is 382. The minimum absolute atomic E-state index is 0.266. The highest BCUT2D eigenvalue weighted by molar-refractivity contribution is 9.10. The van der Waals surface area contributed by atoms with Gasteiger partial charge in [-0.25, -0.2) is 0 Å². The molecule has 1 aliphatic heterocycles. The lowest BCUT2D eigenvalue weighted by Crippen LogP contribution is -2.43. The average Bonchev–Trinajstić information content (AvgIpc) is 2.29. The zero-order valence-electron chi connectivity index (χ0n) is 10.2. The number of rotatable bonds is 3. The first-order valence-electron chi connectivity index (χ1n) is 6.03. The van der Waals surface area contributed by atoms with Gasteiger partial charge in [-0.2, -0.15) is 0 Å². The third kappa shape index (κ3) is 3.21. The molecule has 1 aromatic rings. The highest BCUT2D eigenvalue weighted by Crippen LogP contribution is 2.28. The third-order valence-corrected chi connectivity index (χ3v) is 3.71. The molecule has 4 heteroatoms. The van der Waals surface area contributed by atoms with E-state index in [-0.39, 0.29) is 6.10 Å². The van der Waals surface area contributed by atoms with E-state index in [1.807, 2.05) is 0 Å². The summed E-state index contributed by atoms with van der Waals surface area (Å²) in [5.74, 6) is 0. The number of nitrogens with two attached hydrogens (primary N) is 1. The summed E-state index contributed by atoms with van der Waals surface area (Å²) in [6, 6.07) is 6.47. The van der Waals surface area contributed by atoms with Crippen LogP contribution in [0.25, 0.3) is 0 Å². The average molecular weight is 299 g/mol. The summed E-state index contributed by atoms with van der Waals surface area (Å²) in [6.07, 6.45) is 1.20. The highest BCUT2D eigenvalue weighted by Gasteiger charge is 2.21. The lowest BCUT2D eigenvalue weighted by molar-refractivity contribution is 0.0368. The first-order valence-corrected chi connectivity index (χ1v) is 6.83. The van der Waals surface area contributed by atoms with Gasteiger partial charge in [0.05, 0.1) is 18.4 Å². The molecule has 0 bridgehead atoms. The van der Waals surface area contributed by atoms with E-state index in [0.29, 0.717) is 6.54 Å². The van der Waals surface area contributed by atoms with Crippen LogP contribution < -0.4 is 10.6 Å². The van der Waals surface area contributed by atoms with Crippen molar-refractivity contribution in [2.45, 2.75) is 19.4 Å². The van der Waals surface area contributed by atoms with Crippen molar-refractivity contribution in [1.82, 2.24) is 0 Å². The molecule has 0 amide bonds. The summed E-state index contributed by atoms with van der Waals surface area (Å²) >= 11 is 3.63. The summed E-state index contributed by atoms with van der Waals surface area (Å²) in [7, 11) is 0. The van der Waals surface area contributed by atoms with Gasteiger partial charge in [-0.15, -0.1) is 0 Å². The standard InChI is InChI=1S/C13H19BrN2O/c1-10-2-3-13(12(14)8-10)16-6-7-17-11(9-16)4-5-15/h2-3,8,11H,4-7,9,15H2,1H3. The van der Waals surface area contributed by atoms with E-state index in [2.05, 4.69) is 46.0 Å². The fourth-order valence-electron chi connectivity index (χ4n) is 2.17. The third-order valence-electron chi connectivity index (χ3n) is 3.07. The van der Waals surface area contributed by atoms with Crippen LogP contribution in [-0.2, 0) is 4.74 Å². The Balaban J connectivity index is 2.10. The molecule has 1 fully saturated rings. The van der Waals surface area contributed by atoms with E-state index in [4.69, 9.17) is 10.5 Å². The van der Waals surface area contributed by atoms with Crippen molar-refractivity contribution < 1.29 is 4.74 Å². The number of aryl methyl sites for hydroxylation is 1. The number of nitrogens with zero attached hydrogens (tertiary/aromatic N) is 1. The molecule has 3 nitrogen and oxygen atoms in total. The summed E-state index contributed by atoms with van der Waals surface area (Å²) in [6.45, 7) is 5.45. The first kappa shape index (κ1) is 12.9. The van der Waals surface area contributed by atoms with Gasteiger partial charge in [0.1, 0.15) is 0 Å². The van der Waals surface area contributed by atoms with E-state index in [1.165, 1.54) is 11.3 Å². The first-order chi connectivity index (χ1) is 8.20. The highest BCUT2D eigenvalue weighted by atomic mass is 79.9. The maximum absolute atomic E-state index is 5.70. The molecule has 1 aliphatic rings. The Labute approximate surface area is 111 Å². The van der Waals surface area contributed by atoms with Crippen molar-refractivity contribution in [2.75, 3.05) is 31.1 Å². The number of morpholine rings is 1. The van der Waals surface area contributed by atoms with E-state index in [9.17, 15) is 0 Å². The van der Waals surface area contributed by atoms with Crippen molar-refractivity contribution in [2.24, 2.45) is 5.73 Å². The minimum Gasteiger partial charge on any atom is -0.374 e. The molecule has 0 spiro atoms. The summed E-state index contributed by atoms with van der Waals surface area (Å²) in [5, 5.41) is 0. The van der Waals surface area contributed by atoms with E-state index < -0.39 is 0 Å². The smallest absolute Gasteiger partial charge is 0.0762 e. The molecule has 94 valence electrons. The van der Waals surface area contributed by atoms with Gasteiger partial charge in [-0.1, -0.05) is 6.07 Å². The Hall–Kier alpha value is -0.580. The van der Waals surface area contributed by atoms with Crippen LogP contribution in [0.1, 0.15) is 12.0 Å². The quantitative estimate of drug-likeness (QED) is 0.931. The Morgan fingerprint density at radius 1 is 1.53 bits per heavy atom. The second kappa shape index (κ2) is 5.85. The van der Waals surface area contributed by atoms with Crippen molar-refractivity contribution in [3.8, 4) is 0 Å². The maximum Gasteiger partial charge on any atom is 0.0762 e. The normalized spacial score (nSPS) is 20.6. The summed E-state index contributed by atoms with van der Waals surface area (Å²) in [4.78, 5) is 2.37. The van der Waals surface area contributed by atoms with Gasteiger partial charge < -0.3 is 15.4 Å². The molecule has 1 saturated heterocycles. The molecule has 1 unspecified atom stereocenters. The van der Waals surface area contributed by atoms with Crippen LogP contribution in [0.15, 0.2) is 22.7 Å². The fourth-order valence-corrected chi connectivity index (χ4v) is 2.91. The molecule has 0 aromatic heterocycles. The number of ether oxygens (including phenoxy) is 1. The minimum atomic E-state index is 0.266. The zero-order chi connectivity index (χ0) is 12.3. The number of benzene rings is 1. The molecule has 1 aromatic carbocycles. The Morgan fingerprint density at radius 2 is 2.35 bits per heavy atom. The van der Waals surface area contributed by atoms with Crippen LogP contribution in [-0.4, -0.2) is 32.3 Å². The molecule has 1 atom stereocenters. The van der Waals surface area contributed by atoms with E-state index >= 15 is 0 Å². The molecule has 0 saturated carbocycles. The summed E-state index contributed by atoms with van der Waals surface area (Å²) in [5.41, 5.74) is 8.11. The van der Waals surface area contributed by atoms with Crippen molar-refractivity contribution >= 4 is 21.6 Å². The van der Waals surface area contributed by atoms with Crippen molar-refractivity contribution in [3.05, 3.63) is 28.2 Å². The predicted octanol–water partition coefficient (Wildman–Crippen LogP) is 2.31. The number of halogens is 1. The van der Waals surface area contributed by atoms with Gasteiger partial charge in [0, 0.05) is 17.6 Å². The van der Waals surface area contributed by atoms with Crippen LogP contribution in [0.3, 0.4) is 0 Å². The molecule has 0 aliphatic carbocycles. The molecule has 0 radical (unpaired) electrons. The maximum atomic E-state index is 5.70. The van der Waals surface area contributed by atoms with Gasteiger partial charge in [0.2, 0.25) is 0 Å². The largest absolute Gasteiger partial charge is 0.374 e. The monoisotopic (exact) mass is 298 g/mol. The Morgan fingerprint density at radius 3 is 3.06 bits per heavy atom. The summed E-state index contributed by atoms with van der Waals surface area (Å²) < 4.78 is 6.85. The van der Waals surface area contributed by atoms with Crippen LogP contribution in [0.4, 0.5) is 5.69 Å². The Kier molecular flexibility index (Phi) is 4.42. The van der Waals surface area contributed by atoms with Gasteiger partial charge in [0.25, 0.3) is 0 Å². The zero-order valence-corrected chi connectivity index (χ0v) is 11.7. The molecule has 17 heavy (non-hydrogen) atoms. The second-order valence-electron chi connectivity index (χ2n) is 4.47. The van der Waals surface area contributed by atoms with E-state index in [0.717, 1.165) is 30.6 Å². The lowest BCUT2D eigenvalue weighted by atomic mass is 10.1. The molecule has 2 rings (SSSR count). The predicted molar refractivity (Wildman–Crippen MR) is 74.5 cm³/mol. The molecular formula is C13H19BrN2O. The molecule has 2 N–H and O–H groups in total. The van der Waals surface area contributed by atoms with Crippen molar-refractivity contribution in [3.63, 3.8) is 0 Å². The topological polar surface area (TPSA) is 38.5 Å². The van der Waals surface area contributed by atoms with E-state index in [1.54, 1.807) is 0 Å². The van der Waals surface area contributed by atoms with Gasteiger partial charge in [-0.3, -0.25) is 0 Å².